The van der Waals surface area contributed by atoms with Gasteiger partial charge in [0.05, 0.1) is 0 Å². The average molecular weight is 272 g/mol. The summed E-state index contributed by atoms with van der Waals surface area (Å²) in [6.07, 6.45) is 0.907. The number of aliphatic hydroxyl groups excluding tert-OH is 1. The fraction of sp³-hybridized carbons (Fsp3) is 0.333. The van der Waals surface area contributed by atoms with Gasteiger partial charge in [-0.25, -0.2) is 9.78 Å². The molecule has 5 heteroatoms. The Morgan fingerprint density at radius 1 is 1.40 bits per heavy atom. The first-order chi connectivity index (χ1) is 9.69. The molecule has 0 saturated carbocycles. The Balaban J connectivity index is 2.10. The minimum atomic E-state index is -1.02. The van der Waals surface area contributed by atoms with E-state index in [9.17, 15) is 15.0 Å². The highest BCUT2D eigenvalue weighted by Crippen LogP contribution is 2.29. The van der Waals surface area contributed by atoms with Crippen molar-refractivity contribution in [3.63, 3.8) is 0 Å². The monoisotopic (exact) mass is 272 g/mol. The van der Waals surface area contributed by atoms with Gasteiger partial charge in [-0.1, -0.05) is 24.3 Å². The van der Waals surface area contributed by atoms with Gasteiger partial charge < -0.3 is 15.1 Å². The van der Waals surface area contributed by atoms with E-state index in [0.29, 0.717) is 5.82 Å². The summed E-state index contributed by atoms with van der Waals surface area (Å²) in [6, 6.07) is 9.26. The van der Waals surface area contributed by atoms with Crippen LogP contribution in [0.5, 0.6) is 0 Å². The van der Waals surface area contributed by atoms with Gasteiger partial charge in [-0.15, -0.1) is 0 Å². The van der Waals surface area contributed by atoms with E-state index in [-0.39, 0.29) is 18.2 Å². The molecule has 104 valence electrons. The van der Waals surface area contributed by atoms with E-state index in [1.807, 2.05) is 24.3 Å². The summed E-state index contributed by atoms with van der Waals surface area (Å²) in [7, 11) is 0. The van der Waals surface area contributed by atoms with Gasteiger partial charge in [0.1, 0.15) is 5.82 Å². The summed E-state index contributed by atoms with van der Waals surface area (Å²) in [6.45, 7) is 1.68. The first-order valence-electron chi connectivity index (χ1n) is 6.68. The fourth-order valence-corrected chi connectivity index (χ4v) is 2.71. The van der Waals surface area contributed by atoms with E-state index in [4.69, 9.17) is 0 Å². The van der Waals surface area contributed by atoms with Crippen LogP contribution in [0.15, 0.2) is 30.3 Å². The number of anilines is 1. The number of benzene rings is 1. The van der Waals surface area contributed by atoms with Crippen LogP contribution in [0.1, 0.15) is 16.9 Å². The number of aromatic carboxylic acids is 1. The second-order valence-corrected chi connectivity index (χ2v) is 5.14. The second-order valence-electron chi connectivity index (χ2n) is 5.14. The zero-order chi connectivity index (χ0) is 14.1. The Bertz CT molecular complexity index is 657. The molecule has 2 aromatic rings. The van der Waals surface area contributed by atoms with E-state index >= 15 is 0 Å². The highest BCUT2D eigenvalue weighted by Gasteiger charge is 2.25. The maximum atomic E-state index is 11.2. The number of aliphatic hydroxyl groups is 1. The van der Waals surface area contributed by atoms with E-state index in [1.165, 1.54) is 0 Å². The van der Waals surface area contributed by atoms with Gasteiger partial charge in [-0.2, -0.15) is 0 Å². The molecule has 1 aromatic carbocycles. The summed E-state index contributed by atoms with van der Waals surface area (Å²) in [5.74, 6) is -0.0737. The van der Waals surface area contributed by atoms with Crippen molar-refractivity contribution in [1.29, 1.82) is 0 Å². The van der Waals surface area contributed by atoms with Crippen LogP contribution in [-0.2, 0) is 0 Å². The van der Waals surface area contributed by atoms with Crippen molar-refractivity contribution in [3.8, 4) is 0 Å². The molecule has 1 saturated heterocycles. The molecule has 0 spiro atoms. The molecule has 1 aliphatic rings. The van der Waals surface area contributed by atoms with Crippen LogP contribution >= 0.6 is 0 Å². The second kappa shape index (κ2) is 5.09. The summed E-state index contributed by atoms with van der Waals surface area (Å²) in [4.78, 5) is 17.6. The number of nitrogens with zero attached hydrogens (tertiary/aromatic N) is 2. The van der Waals surface area contributed by atoms with Crippen LogP contribution in [0.3, 0.4) is 0 Å². The standard InChI is InChI=1S/C15H16N2O3/c18-9-10-5-6-17(8-10)14-12-4-2-1-3-11(12)7-13(16-14)15(19)20/h1-4,7,10,18H,5-6,8-9H2,(H,19,20). The van der Waals surface area contributed by atoms with Gasteiger partial charge in [0.25, 0.3) is 0 Å². The molecule has 3 rings (SSSR count). The molecule has 5 nitrogen and oxygen atoms in total. The number of carboxylic acids is 1. The Labute approximate surface area is 116 Å². The van der Waals surface area contributed by atoms with Crippen molar-refractivity contribution in [2.75, 3.05) is 24.6 Å². The van der Waals surface area contributed by atoms with E-state index in [2.05, 4.69) is 9.88 Å². The SMILES string of the molecule is O=C(O)c1cc2ccccc2c(N2CCC(CO)C2)n1. The van der Waals surface area contributed by atoms with Gasteiger partial charge in [0.2, 0.25) is 0 Å². The summed E-state index contributed by atoms with van der Waals surface area (Å²) < 4.78 is 0. The predicted octanol–water partition coefficient (Wildman–Crippen LogP) is 1.75. The van der Waals surface area contributed by atoms with Crippen LogP contribution in [0.4, 0.5) is 5.82 Å². The van der Waals surface area contributed by atoms with Crippen LogP contribution in [-0.4, -0.2) is 40.9 Å². The van der Waals surface area contributed by atoms with Crippen LogP contribution in [0.25, 0.3) is 10.8 Å². The number of aromatic nitrogens is 1. The molecular formula is C15H16N2O3. The van der Waals surface area contributed by atoms with Gasteiger partial charge in [-0.05, 0) is 17.9 Å². The third-order valence-electron chi connectivity index (χ3n) is 3.78. The Hall–Kier alpha value is -2.14. The Morgan fingerprint density at radius 3 is 2.90 bits per heavy atom. The van der Waals surface area contributed by atoms with E-state index in [0.717, 1.165) is 30.3 Å². The zero-order valence-corrected chi connectivity index (χ0v) is 11.0. The molecule has 0 amide bonds. The van der Waals surface area contributed by atoms with Crippen LogP contribution in [0.2, 0.25) is 0 Å². The molecular weight excluding hydrogens is 256 g/mol. The molecule has 1 aromatic heterocycles. The third-order valence-corrected chi connectivity index (χ3v) is 3.78. The normalized spacial score (nSPS) is 18.6. The van der Waals surface area contributed by atoms with Crippen molar-refractivity contribution >= 4 is 22.6 Å². The maximum absolute atomic E-state index is 11.2. The highest BCUT2D eigenvalue weighted by molar-refractivity contribution is 5.98. The third kappa shape index (κ3) is 2.20. The number of carboxylic acid groups (broad SMARTS) is 1. The summed E-state index contributed by atoms with van der Waals surface area (Å²) in [5, 5.41) is 20.3. The number of fused-ring (bicyclic) bond motifs is 1. The van der Waals surface area contributed by atoms with Crippen molar-refractivity contribution in [3.05, 3.63) is 36.0 Å². The molecule has 0 radical (unpaired) electrons. The smallest absolute Gasteiger partial charge is 0.354 e. The summed E-state index contributed by atoms with van der Waals surface area (Å²) >= 11 is 0. The summed E-state index contributed by atoms with van der Waals surface area (Å²) in [5.41, 5.74) is 0.0612. The number of hydrogen-bond donors (Lipinski definition) is 2. The Morgan fingerprint density at radius 2 is 2.20 bits per heavy atom. The lowest BCUT2D eigenvalue weighted by Gasteiger charge is -2.19. The molecule has 1 atom stereocenters. The van der Waals surface area contributed by atoms with Crippen molar-refractivity contribution < 1.29 is 15.0 Å². The zero-order valence-electron chi connectivity index (χ0n) is 11.0. The first-order valence-corrected chi connectivity index (χ1v) is 6.68. The molecule has 0 bridgehead atoms. The molecule has 2 N–H and O–H groups in total. The first kappa shape index (κ1) is 12.9. The van der Waals surface area contributed by atoms with E-state index < -0.39 is 5.97 Å². The van der Waals surface area contributed by atoms with Crippen molar-refractivity contribution in [1.82, 2.24) is 4.98 Å². The van der Waals surface area contributed by atoms with Gasteiger partial charge in [-0.3, -0.25) is 0 Å². The molecule has 1 fully saturated rings. The van der Waals surface area contributed by atoms with Gasteiger partial charge in [0, 0.05) is 31.0 Å². The average Bonchev–Trinajstić information content (AvgIpc) is 2.94. The quantitative estimate of drug-likeness (QED) is 0.890. The van der Waals surface area contributed by atoms with Gasteiger partial charge >= 0.3 is 5.97 Å². The van der Waals surface area contributed by atoms with Gasteiger partial charge in [0.15, 0.2) is 5.69 Å². The van der Waals surface area contributed by atoms with Crippen LogP contribution < -0.4 is 4.90 Å². The lowest BCUT2D eigenvalue weighted by atomic mass is 10.1. The number of pyridine rings is 1. The number of hydrogen-bond acceptors (Lipinski definition) is 4. The maximum Gasteiger partial charge on any atom is 0.354 e. The minimum absolute atomic E-state index is 0.0612. The lowest BCUT2D eigenvalue weighted by Crippen LogP contribution is -2.22. The highest BCUT2D eigenvalue weighted by atomic mass is 16.4. The topological polar surface area (TPSA) is 73.7 Å². The number of rotatable bonds is 3. The largest absolute Gasteiger partial charge is 0.477 e. The molecule has 1 aliphatic heterocycles. The van der Waals surface area contributed by atoms with Crippen LogP contribution in [0, 0.1) is 5.92 Å². The molecule has 20 heavy (non-hydrogen) atoms. The molecule has 0 aliphatic carbocycles. The van der Waals surface area contributed by atoms with Crippen molar-refractivity contribution in [2.24, 2.45) is 5.92 Å². The fourth-order valence-electron chi connectivity index (χ4n) is 2.71. The molecule has 2 heterocycles. The lowest BCUT2D eigenvalue weighted by molar-refractivity contribution is 0.0691. The molecule has 1 unspecified atom stereocenters. The Kier molecular flexibility index (Phi) is 3.28. The number of carbonyl (C=O) groups is 1. The minimum Gasteiger partial charge on any atom is -0.477 e. The van der Waals surface area contributed by atoms with Crippen molar-refractivity contribution in [2.45, 2.75) is 6.42 Å². The van der Waals surface area contributed by atoms with E-state index in [1.54, 1.807) is 6.07 Å². The predicted molar refractivity (Wildman–Crippen MR) is 76.1 cm³/mol.